The fourth-order valence-corrected chi connectivity index (χ4v) is 3.84. The van der Waals surface area contributed by atoms with Crippen LogP contribution in [0.1, 0.15) is 85.0 Å². The van der Waals surface area contributed by atoms with Crippen LogP contribution < -0.4 is 0 Å². The van der Waals surface area contributed by atoms with Gasteiger partial charge in [0.05, 0.1) is 22.3 Å². The van der Waals surface area contributed by atoms with Gasteiger partial charge in [-0.25, -0.2) is 19.2 Å². The van der Waals surface area contributed by atoms with Gasteiger partial charge in [-0.3, -0.25) is 0 Å². The average molecular weight is 440 g/mol. The monoisotopic (exact) mass is 440 g/mol. The van der Waals surface area contributed by atoms with Gasteiger partial charge in [0.1, 0.15) is 13.2 Å². The van der Waals surface area contributed by atoms with Crippen LogP contribution in [0.5, 0.6) is 0 Å². The smallest absolute Gasteiger partial charge is 0.338 e. The molecule has 0 spiro atoms. The minimum atomic E-state index is -1.13. The summed E-state index contributed by atoms with van der Waals surface area (Å²) in [5.74, 6) is -2.56. The zero-order valence-corrected chi connectivity index (χ0v) is 17.4. The summed E-state index contributed by atoms with van der Waals surface area (Å²) >= 11 is 0. The Morgan fingerprint density at radius 1 is 0.781 bits per heavy atom. The molecule has 2 heterocycles. The van der Waals surface area contributed by atoms with Gasteiger partial charge in [-0.05, 0) is 60.7 Å². The topological polar surface area (TPSA) is 127 Å². The summed E-state index contributed by atoms with van der Waals surface area (Å²) in [5.41, 5.74) is 2.05. The number of esters is 2. The van der Waals surface area contributed by atoms with Crippen molar-refractivity contribution in [2.24, 2.45) is 0 Å². The second-order valence-corrected chi connectivity index (χ2v) is 7.60. The molecular formula is C24H24O8. The summed E-state index contributed by atoms with van der Waals surface area (Å²) in [6.07, 6.45) is 5.73. The Kier molecular flexibility index (Phi) is 7.59. The predicted octanol–water partition coefficient (Wildman–Crippen LogP) is 4.14. The number of carbonyl (C=O) groups is 4. The number of hydrogen-bond acceptors (Lipinski definition) is 6. The molecule has 1 saturated carbocycles. The van der Waals surface area contributed by atoms with Crippen molar-refractivity contribution in [2.75, 3.05) is 13.2 Å². The SMILES string of the molecule is O=C(O)c1cccc(C(=O)O)c1.O=C1OCCOC(=O)c2ccc1cc2C1CCCCC1. The highest BCUT2D eigenvalue weighted by atomic mass is 16.6. The summed E-state index contributed by atoms with van der Waals surface area (Å²) in [6.45, 7) is 0.231. The largest absolute Gasteiger partial charge is 0.478 e. The molecule has 2 aromatic carbocycles. The number of aromatic carboxylic acids is 2. The van der Waals surface area contributed by atoms with Gasteiger partial charge < -0.3 is 19.7 Å². The first-order chi connectivity index (χ1) is 15.4. The highest BCUT2D eigenvalue weighted by Crippen LogP contribution is 2.35. The van der Waals surface area contributed by atoms with Crippen LogP contribution in [0, 0.1) is 0 Å². The molecule has 2 N–H and O–H groups in total. The average Bonchev–Trinajstić information content (AvgIpc) is 2.82. The first-order valence-corrected chi connectivity index (χ1v) is 10.4. The predicted molar refractivity (Wildman–Crippen MR) is 113 cm³/mol. The molecule has 8 nitrogen and oxygen atoms in total. The van der Waals surface area contributed by atoms with Gasteiger partial charge in [-0.15, -0.1) is 0 Å². The zero-order chi connectivity index (χ0) is 23.1. The maximum absolute atomic E-state index is 12.1. The molecule has 1 fully saturated rings. The van der Waals surface area contributed by atoms with Crippen molar-refractivity contribution >= 4 is 23.9 Å². The van der Waals surface area contributed by atoms with E-state index in [0.717, 1.165) is 24.5 Å². The summed E-state index contributed by atoms with van der Waals surface area (Å²) in [6, 6.07) is 10.4. The summed E-state index contributed by atoms with van der Waals surface area (Å²) < 4.78 is 10.2. The van der Waals surface area contributed by atoms with Crippen molar-refractivity contribution in [3.05, 3.63) is 70.3 Å². The van der Waals surface area contributed by atoms with E-state index in [1.54, 1.807) is 12.1 Å². The van der Waals surface area contributed by atoms with E-state index in [-0.39, 0.29) is 36.3 Å². The standard InChI is InChI=1S/C16H18O4.C8H6O4/c17-15-12-6-7-13(16(18)20-9-8-19-15)14(10-12)11-4-2-1-3-5-11;9-7(10)5-2-1-3-6(4-5)8(11)12/h6-7,10-11H,1-5,8-9H2;1-4H,(H,9,10)(H,11,12). The third-order valence-electron chi connectivity index (χ3n) is 5.46. The van der Waals surface area contributed by atoms with Crippen LogP contribution in [0.3, 0.4) is 0 Å². The lowest BCUT2D eigenvalue weighted by atomic mass is 9.81. The third-order valence-corrected chi connectivity index (χ3v) is 5.46. The molecule has 168 valence electrons. The van der Waals surface area contributed by atoms with Gasteiger partial charge in [0.2, 0.25) is 0 Å². The molecule has 5 rings (SSSR count). The molecule has 0 atom stereocenters. The van der Waals surface area contributed by atoms with Crippen LogP contribution in [-0.2, 0) is 9.47 Å². The van der Waals surface area contributed by atoms with Gasteiger partial charge in [-0.2, -0.15) is 0 Å². The Balaban J connectivity index is 0.000000207. The molecule has 2 bridgehead atoms. The van der Waals surface area contributed by atoms with E-state index < -0.39 is 11.9 Å². The molecule has 0 amide bonds. The van der Waals surface area contributed by atoms with Crippen molar-refractivity contribution in [2.45, 2.75) is 38.0 Å². The van der Waals surface area contributed by atoms with Crippen LogP contribution >= 0.6 is 0 Å². The summed E-state index contributed by atoms with van der Waals surface area (Å²) in [5, 5.41) is 17.0. The van der Waals surface area contributed by atoms with Gasteiger partial charge >= 0.3 is 23.9 Å². The number of benzene rings is 2. The number of ether oxygens (including phenoxy) is 2. The normalized spacial score (nSPS) is 16.2. The highest BCUT2D eigenvalue weighted by molar-refractivity contribution is 5.95. The minimum absolute atomic E-state index is 0.0186. The second kappa shape index (κ2) is 10.6. The van der Waals surface area contributed by atoms with Gasteiger partial charge in [0, 0.05) is 0 Å². The number of carbonyl (C=O) groups excluding carboxylic acids is 2. The van der Waals surface area contributed by atoms with Crippen molar-refractivity contribution in [3.63, 3.8) is 0 Å². The number of rotatable bonds is 3. The van der Waals surface area contributed by atoms with E-state index in [0.29, 0.717) is 17.0 Å². The quantitative estimate of drug-likeness (QED) is 0.682. The molecule has 3 aliphatic rings. The Morgan fingerprint density at radius 3 is 1.97 bits per heavy atom. The van der Waals surface area contributed by atoms with Crippen LogP contribution in [-0.4, -0.2) is 47.3 Å². The Bertz CT molecular complexity index is 991. The molecule has 1 aliphatic carbocycles. The van der Waals surface area contributed by atoms with Crippen LogP contribution in [0.25, 0.3) is 0 Å². The maximum Gasteiger partial charge on any atom is 0.338 e. The zero-order valence-electron chi connectivity index (χ0n) is 17.4. The maximum atomic E-state index is 12.1. The number of carboxylic acid groups (broad SMARTS) is 2. The van der Waals surface area contributed by atoms with Gasteiger partial charge in [0.25, 0.3) is 0 Å². The van der Waals surface area contributed by atoms with E-state index in [9.17, 15) is 19.2 Å². The van der Waals surface area contributed by atoms with Crippen molar-refractivity contribution in [3.8, 4) is 0 Å². The summed E-state index contributed by atoms with van der Waals surface area (Å²) in [7, 11) is 0. The van der Waals surface area contributed by atoms with Crippen molar-refractivity contribution in [1.29, 1.82) is 0 Å². The van der Waals surface area contributed by atoms with Crippen molar-refractivity contribution < 1.29 is 38.9 Å². The molecular weight excluding hydrogens is 416 g/mol. The lowest BCUT2D eigenvalue weighted by molar-refractivity contribution is 0.0258. The van der Waals surface area contributed by atoms with Gasteiger partial charge in [0.15, 0.2) is 0 Å². The van der Waals surface area contributed by atoms with Crippen LogP contribution in [0.2, 0.25) is 0 Å². The second-order valence-electron chi connectivity index (χ2n) is 7.60. The Morgan fingerprint density at radius 2 is 1.38 bits per heavy atom. The molecule has 32 heavy (non-hydrogen) atoms. The number of hydrogen-bond donors (Lipinski definition) is 2. The molecule has 0 saturated heterocycles. The lowest BCUT2D eigenvalue weighted by Gasteiger charge is -2.25. The highest BCUT2D eigenvalue weighted by Gasteiger charge is 2.25. The molecule has 8 heteroatoms. The lowest BCUT2D eigenvalue weighted by Crippen LogP contribution is -2.20. The number of fused-ring (bicyclic) bond motifs is 7. The van der Waals surface area contributed by atoms with Crippen LogP contribution in [0.15, 0.2) is 42.5 Å². The van der Waals surface area contributed by atoms with E-state index in [1.165, 1.54) is 37.5 Å². The van der Waals surface area contributed by atoms with Gasteiger partial charge in [-0.1, -0.05) is 25.3 Å². The molecule has 0 aromatic heterocycles. The fourth-order valence-electron chi connectivity index (χ4n) is 3.84. The summed E-state index contributed by atoms with van der Waals surface area (Å²) in [4.78, 5) is 44.8. The minimum Gasteiger partial charge on any atom is -0.478 e. The van der Waals surface area contributed by atoms with E-state index in [1.807, 2.05) is 6.07 Å². The first-order valence-electron chi connectivity index (χ1n) is 10.4. The molecule has 0 radical (unpaired) electrons. The Hall–Kier alpha value is -3.68. The van der Waals surface area contributed by atoms with Crippen LogP contribution in [0.4, 0.5) is 0 Å². The Labute approximate surface area is 184 Å². The fraction of sp³-hybridized carbons (Fsp3) is 0.333. The first kappa shape index (κ1) is 23.0. The number of carboxylic acids is 2. The third kappa shape index (κ3) is 5.72. The van der Waals surface area contributed by atoms with E-state index >= 15 is 0 Å². The molecule has 2 aliphatic heterocycles. The van der Waals surface area contributed by atoms with E-state index in [2.05, 4.69) is 0 Å². The molecule has 0 unspecified atom stereocenters. The van der Waals surface area contributed by atoms with E-state index in [4.69, 9.17) is 19.7 Å². The van der Waals surface area contributed by atoms with Crippen molar-refractivity contribution in [1.82, 2.24) is 0 Å². The molecule has 2 aromatic rings.